The highest BCUT2D eigenvalue weighted by Crippen LogP contribution is 2.34. The van der Waals surface area contributed by atoms with Crippen molar-refractivity contribution < 1.29 is 0 Å². The summed E-state index contributed by atoms with van der Waals surface area (Å²) in [6.07, 6.45) is 2.19. The fraction of sp³-hybridized carbons (Fsp3) is 0.357. The van der Waals surface area contributed by atoms with Crippen molar-refractivity contribution in [3.05, 3.63) is 34.1 Å². The van der Waals surface area contributed by atoms with E-state index >= 15 is 0 Å². The molecule has 5 heteroatoms. The third-order valence-electron chi connectivity index (χ3n) is 3.12. The summed E-state index contributed by atoms with van der Waals surface area (Å²) in [5.74, 6) is 1.55. The zero-order valence-electron chi connectivity index (χ0n) is 11.1. The van der Waals surface area contributed by atoms with Crippen molar-refractivity contribution in [1.82, 2.24) is 9.55 Å². The van der Waals surface area contributed by atoms with Crippen LogP contribution in [-0.4, -0.2) is 9.55 Å². The summed E-state index contributed by atoms with van der Waals surface area (Å²) < 4.78 is 2.02. The Kier molecular flexibility index (Phi) is 4.38. The van der Waals surface area contributed by atoms with Crippen LogP contribution in [0.4, 0.5) is 5.82 Å². The molecule has 0 saturated carbocycles. The molecule has 0 aliphatic heterocycles. The minimum absolute atomic E-state index is 0.608. The number of rotatable bonds is 4. The van der Waals surface area contributed by atoms with Crippen molar-refractivity contribution in [2.45, 2.75) is 33.2 Å². The number of halogens is 2. The Balaban J connectivity index is 2.48. The molecule has 2 rings (SSSR count). The Bertz CT molecular complexity index is 591. The molecule has 0 aliphatic carbocycles. The first kappa shape index (κ1) is 14.2. The van der Waals surface area contributed by atoms with Crippen molar-refractivity contribution >= 4 is 29.0 Å². The van der Waals surface area contributed by atoms with Crippen LogP contribution in [0.25, 0.3) is 11.3 Å². The first-order chi connectivity index (χ1) is 9.04. The second-order valence-corrected chi connectivity index (χ2v) is 5.37. The molecule has 2 aromatic rings. The molecule has 0 amide bonds. The van der Waals surface area contributed by atoms with Gasteiger partial charge in [0.2, 0.25) is 0 Å². The number of hydrogen-bond donors (Lipinski definition) is 1. The van der Waals surface area contributed by atoms with Crippen molar-refractivity contribution in [1.29, 1.82) is 0 Å². The second kappa shape index (κ2) is 5.85. The van der Waals surface area contributed by atoms with E-state index in [1.807, 2.05) is 11.5 Å². The number of nitrogens with zero attached hydrogens (tertiary/aromatic N) is 2. The van der Waals surface area contributed by atoms with Crippen molar-refractivity contribution in [3.8, 4) is 11.3 Å². The van der Waals surface area contributed by atoms with Crippen LogP contribution in [0.2, 0.25) is 10.0 Å². The van der Waals surface area contributed by atoms with Gasteiger partial charge in [0.1, 0.15) is 17.3 Å². The summed E-state index contributed by atoms with van der Waals surface area (Å²) in [5.41, 5.74) is 7.69. The summed E-state index contributed by atoms with van der Waals surface area (Å²) in [6.45, 7) is 4.98. The van der Waals surface area contributed by atoms with Crippen LogP contribution in [0.1, 0.15) is 25.6 Å². The molecular formula is C14H17Cl2N3. The number of nitrogens with two attached hydrogens (primary N) is 1. The number of unbranched alkanes of at least 4 members (excludes halogenated alkanes) is 1. The molecule has 102 valence electrons. The van der Waals surface area contributed by atoms with Crippen LogP contribution in [0.3, 0.4) is 0 Å². The van der Waals surface area contributed by atoms with Gasteiger partial charge in [-0.25, -0.2) is 4.98 Å². The van der Waals surface area contributed by atoms with E-state index in [9.17, 15) is 0 Å². The lowest BCUT2D eigenvalue weighted by molar-refractivity contribution is 0.622. The third kappa shape index (κ3) is 2.88. The Morgan fingerprint density at radius 1 is 1.32 bits per heavy atom. The average molecular weight is 298 g/mol. The number of hydrogen-bond acceptors (Lipinski definition) is 2. The van der Waals surface area contributed by atoms with Gasteiger partial charge in [-0.1, -0.05) is 36.5 Å². The van der Waals surface area contributed by atoms with Gasteiger partial charge in [-0.15, -0.1) is 0 Å². The minimum Gasteiger partial charge on any atom is -0.383 e. The smallest absolute Gasteiger partial charge is 0.131 e. The molecule has 2 N–H and O–H groups in total. The lowest BCUT2D eigenvalue weighted by Gasteiger charge is -2.07. The number of aryl methyl sites for hydroxylation is 1. The first-order valence-corrected chi connectivity index (χ1v) is 7.08. The van der Waals surface area contributed by atoms with Crippen LogP contribution in [0.15, 0.2) is 18.2 Å². The lowest BCUT2D eigenvalue weighted by atomic mass is 10.1. The molecule has 1 aromatic carbocycles. The highest BCUT2D eigenvalue weighted by atomic mass is 35.5. The number of anilines is 1. The van der Waals surface area contributed by atoms with Crippen LogP contribution < -0.4 is 5.73 Å². The highest BCUT2D eigenvalue weighted by molar-refractivity contribution is 6.35. The number of nitrogen functional groups attached to an aromatic ring is 1. The maximum absolute atomic E-state index is 6.21. The van der Waals surface area contributed by atoms with E-state index < -0.39 is 0 Å². The molecule has 0 bridgehead atoms. The second-order valence-electron chi connectivity index (χ2n) is 4.52. The summed E-state index contributed by atoms with van der Waals surface area (Å²) in [6, 6.07) is 5.32. The molecule has 0 radical (unpaired) electrons. The van der Waals surface area contributed by atoms with E-state index in [1.165, 1.54) is 0 Å². The molecule has 0 saturated heterocycles. The number of imidazole rings is 1. The van der Waals surface area contributed by atoms with Gasteiger partial charge in [-0.2, -0.15) is 0 Å². The Hall–Kier alpha value is -1.19. The van der Waals surface area contributed by atoms with Gasteiger partial charge in [0, 0.05) is 17.1 Å². The largest absolute Gasteiger partial charge is 0.383 e. The van der Waals surface area contributed by atoms with E-state index in [0.717, 1.165) is 30.8 Å². The summed E-state index contributed by atoms with van der Waals surface area (Å²) in [4.78, 5) is 4.53. The molecule has 0 spiro atoms. The van der Waals surface area contributed by atoms with Crippen LogP contribution in [0.5, 0.6) is 0 Å². The first-order valence-electron chi connectivity index (χ1n) is 6.32. The molecule has 1 aromatic heterocycles. The predicted molar refractivity (Wildman–Crippen MR) is 81.7 cm³/mol. The predicted octanol–water partition coefficient (Wildman–Crippen LogP) is 4.55. The van der Waals surface area contributed by atoms with Gasteiger partial charge in [0.15, 0.2) is 0 Å². The van der Waals surface area contributed by atoms with Gasteiger partial charge in [-0.05, 0) is 31.5 Å². The van der Waals surface area contributed by atoms with Crippen molar-refractivity contribution in [2.24, 2.45) is 0 Å². The maximum Gasteiger partial charge on any atom is 0.131 e. The maximum atomic E-state index is 6.21. The van der Waals surface area contributed by atoms with E-state index in [0.29, 0.717) is 21.6 Å². The lowest BCUT2D eigenvalue weighted by Crippen LogP contribution is -2.05. The third-order valence-corrected chi connectivity index (χ3v) is 3.68. The van der Waals surface area contributed by atoms with Crippen molar-refractivity contribution in [2.75, 3.05) is 5.73 Å². The molecule has 0 aliphatic rings. The monoisotopic (exact) mass is 297 g/mol. The van der Waals surface area contributed by atoms with E-state index in [2.05, 4.69) is 11.9 Å². The standard InChI is InChI=1S/C14H17Cl2N3/c1-3-4-7-19-9(2)18-13(14(19)17)11-8-10(15)5-6-12(11)16/h5-6,8H,3-4,7,17H2,1-2H3. The molecule has 0 unspecified atom stereocenters. The zero-order chi connectivity index (χ0) is 14.0. The van der Waals surface area contributed by atoms with Crippen LogP contribution >= 0.6 is 23.2 Å². The number of benzene rings is 1. The van der Waals surface area contributed by atoms with Crippen molar-refractivity contribution in [3.63, 3.8) is 0 Å². The molecule has 0 fully saturated rings. The van der Waals surface area contributed by atoms with Gasteiger partial charge in [0.05, 0.1) is 5.02 Å². The number of aromatic nitrogens is 2. The molecule has 1 heterocycles. The van der Waals surface area contributed by atoms with Crippen LogP contribution in [0, 0.1) is 6.92 Å². The Labute approximate surface area is 123 Å². The topological polar surface area (TPSA) is 43.8 Å². The van der Waals surface area contributed by atoms with E-state index in [-0.39, 0.29) is 0 Å². The van der Waals surface area contributed by atoms with Crippen LogP contribution in [-0.2, 0) is 6.54 Å². The highest BCUT2D eigenvalue weighted by Gasteiger charge is 2.16. The molecule has 3 nitrogen and oxygen atoms in total. The summed E-state index contributed by atoms with van der Waals surface area (Å²) >= 11 is 12.2. The fourth-order valence-electron chi connectivity index (χ4n) is 2.06. The zero-order valence-corrected chi connectivity index (χ0v) is 12.6. The SMILES string of the molecule is CCCCn1c(C)nc(-c2cc(Cl)ccc2Cl)c1N. The summed E-state index contributed by atoms with van der Waals surface area (Å²) in [7, 11) is 0. The van der Waals surface area contributed by atoms with Gasteiger partial charge >= 0.3 is 0 Å². The van der Waals surface area contributed by atoms with Gasteiger partial charge in [0.25, 0.3) is 0 Å². The fourth-order valence-corrected chi connectivity index (χ4v) is 2.44. The quantitative estimate of drug-likeness (QED) is 0.900. The van der Waals surface area contributed by atoms with Gasteiger partial charge < -0.3 is 10.3 Å². The van der Waals surface area contributed by atoms with E-state index in [4.69, 9.17) is 28.9 Å². The molecule has 0 atom stereocenters. The molecular weight excluding hydrogens is 281 g/mol. The molecule has 19 heavy (non-hydrogen) atoms. The Morgan fingerprint density at radius 2 is 2.05 bits per heavy atom. The average Bonchev–Trinajstić information content (AvgIpc) is 2.66. The van der Waals surface area contributed by atoms with E-state index in [1.54, 1.807) is 18.2 Å². The normalized spacial score (nSPS) is 10.9. The Morgan fingerprint density at radius 3 is 2.74 bits per heavy atom. The van der Waals surface area contributed by atoms with Gasteiger partial charge in [-0.3, -0.25) is 0 Å². The minimum atomic E-state index is 0.608. The summed E-state index contributed by atoms with van der Waals surface area (Å²) in [5, 5.41) is 1.23.